The molecule has 6 nitrogen and oxygen atoms in total. The van der Waals surface area contributed by atoms with Gasteiger partial charge in [0.25, 0.3) is 0 Å². The molecule has 2 rings (SSSR count). The molecule has 0 saturated carbocycles. The zero-order chi connectivity index (χ0) is 14.2. The van der Waals surface area contributed by atoms with Gasteiger partial charge in [-0.05, 0) is 12.1 Å². The lowest BCUT2D eigenvalue weighted by atomic mass is 10.3. The molecule has 6 heteroatoms. The van der Waals surface area contributed by atoms with Gasteiger partial charge in [-0.2, -0.15) is 0 Å². The predicted molar refractivity (Wildman–Crippen MR) is 75.6 cm³/mol. The summed E-state index contributed by atoms with van der Waals surface area (Å²) in [6, 6.07) is 9.86. The molecule has 1 heterocycles. The Morgan fingerprint density at radius 1 is 1.25 bits per heavy atom. The highest BCUT2D eigenvalue weighted by molar-refractivity contribution is 5.29. The first kappa shape index (κ1) is 14.6. The zero-order valence-electron chi connectivity index (χ0n) is 11.6. The van der Waals surface area contributed by atoms with E-state index >= 15 is 0 Å². The number of hydrogen-bond donors (Lipinski definition) is 1. The molecule has 0 unspecified atom stereocenters. The van der Waals surface area contributed by atoms with Crippen molar-refractivity contribution in [3.05, 3.63) is 42.5 Å². The van der Waals surface area contributed by atoms with E-state index in [4.69, 9.17) is 9.84 Å². The highest BCUT2D eigenvalue weighted by Crippen LogP contribution is 2.06. The number of para-hydroxylation sites is 1. The number of rotatable bonds is 8. The Morgan fingerprint density at radius 2 is 2.05 bits per heavy atom. The van der Waals surface area contributed by atoms with E-state index in [0.29, 0.717) is 19.7 Å². The largest absolute Gasteiger partial charge is 0.395 e. The van der Waals surface area contributed by atoms with Crippen molar-refractivity contribution in [1.82, 2.24) is 19.7 Å². The molecule has 108 valence electrons. The summed E-state index contributed by atoms with van der Waals surface area (Å²) in [7, 11) is 1.67. The fraction of sp³-hybridized carbons (Fsp3) is 0.429. The standard InChI is InChI=1S/C14H20N4O2/c1-20-10-8-17(7-9-19)11-14-15-12-18(16-14)13-5-3-2-4-6-13/h2-6,12,19H,7-11H2,1H3. The Kier molecular flexibility index (Phi) is 5.67. The number of benzene rings is 1. The van der Waals surface area contributed by atoms with Crippen molar-refractivity contribution in [2.45, 2.75) is 6.54 Å². The molecule has 0 saturated heterocycles. The van der Waals surface area contributed by atoms with Gasteiger partial charge in [-0.3, -0.25) is 4.90 Å². The maximum Gasteiger partial charge on any atom is 0.164 e. The lowest BCUT2D eigenvalue weighted by Gasteiger charge is -2.18. The topological polar surface area (TPSA) is 63.4 Å². The van der Waals surface area contributed by atoms with Crippen molar-refractivity contribution in [3.63, 3.8) is 0 Å². The third-order valence-corrected chi connectivity index (χ3v) is 2.95. The molecule has 0 bridgehead atoms. The summed E-state index contributed by atoms with van der Waals surface area (Å²) in [5, 5.41) is 13.5. The molecule has 0 aliphatic heterocycles. The highest BCUT2D eigenvalue weighted by Gasteiger charge is 2.09. The normalized spacial score (nSPS) is 11.2. The van der Waals surface area contributed by atoms with Crippen LogP contribution in [0.4, 0.5) is 0 Å². The summed E-state index contributed by atoms with van der Waals surface area (Å²) in [4.78, 5) is 6.37. The Bertz CT molecular complexity index is 501. The van der Waals surface area contributed by atoms with Crippen LogP contribution in [0.25, 0.3) is 5.69 Å². The molecule has 0 radical (unpaired) electrons. The SMILES string of the molecule is COCCN(CCO)Cc1ncn(-c2ccccc2)n1. The summed E-state index contributed by atoms with van der Waals surface area (Å²) >= 11 is 0. The van der Waals surface area contributed by atoms with Gasteiger partial charge < -0.3 is 9.84 Å². The Hall–Kier alpha value is -1.76. The fourth-order valence-electron chi connectivity index (χ4n) is 1.91. The lowest BCUT2D eigenvalue weighted by Crippen LogP contribution is -2.30. The summed E-state index contributed by atoms with van der Waals surface area (Å²) < 4.78 is 6.81. The molecule has 1 aromatic heterocycles. The second-order valence-electron chi connectivity index (χ2n) is 4.43. The Balaban J connectivity index is 2.00. The molecule has 1 aromatic carbocycles. The first-order chi connectivity index (χ1) is 9.83. The number of nitrogens with zero attached hydrogens (tertiary/aromatic N) is 4. The lowest BCUT2D eigenvalue weighted by molar-refractivity contribution is 0.125. The van der Waals surface area contributed by atoms with Gasteiger partial charge in [0.05, 0.1) is 25.4 Å². The maximum absolute atomic E-state index is 9.07. The van der Waals surface area contributed by atoms with Crippen LogP contribution in [0.1, 0.15) is 5.82 Å². The van der Waals surface area contributed by atoms with Gasteiger partial charge in [-0.15, -0.1) is 5.10 Å². The van der Waals surface area contributed by atoms with E-state index in [2.05, 4.69) is 15.0 Å². The van der Waals surface area contributed by atoms with E-state index in [1.807, 2.05) is 30.3 Å². The van der Waals surface area contributed by atoms with Gasteiger partial charge in [-0.1, -0.05) is 18.2 Å². The van der Waals surface area contributed by atoms with E-state index in [9.17, 15) is 0 Å². The van der Waals surface area contributed by atoms with Crippen LogP contribution in [0.2, 0.25) is 0 Å². The molecule has 20 heavy (non-hydrogen) atoms. The second-order valence-corrected chi connectivity index (χ2v) is 4.43. The van der Waals surface area contributed by atoms with Crippen LogP contribution in [0.15, 0.2) is 36.7 Å². The molecule has 0 aliphatic carbocycles. The zero-order valence-corrected chi connectivity index (χ0v) is 11.6. The molecule has 0 amide bonds. The number of ether oxygens (including phenoxy) is 1. The number of hydrogen-bond acceptors (Lipinski definition) is 5. The van der Waals surface area contributed by atoms with Crippen LogP contribution >= 0.6 is 0 Å². The van der Waals surface area contributed by atoms with E-state index in [-0.39, 0.29) is 6.61 Å². The minimum Gasteiger partial charge on any atom is -0.395 e. The van der Waals surface area contributed by atoms with Crippen LogP contribution in [0.3, 0.4) is 0 Å². The number of aliphatic hydroxyl groups excluding tert-OH is 1. The van der Waals surface area contributed by atoms with Crippen LogP contribution in [-0.4, -0.2) is 58.2 Å². The van der Waals surface area contributed by atoms with E-state index in [0.717, 1.165) is 18.1 Å². The molecule has 0 atom stereocenters. The molecular formula is C14H20N4O2. The van der Waals surface area contributed by atoms with Crippen LogP contribution in [0, 0.1) is 0 Å². The molecule has 1 N–H and O–H groups in total. The monoisotopic (exact) mass is 276 g/mol. The number of methoxy groups -OCH3 is 1. The van der Waals surface area contributed by atoms with Gasteiger partial charge >= 0.3 is 0 Å². The molecule has 0 spiro atoms. The average Bonchev–Trinajstić information content (AvgIpc) is 2.94. The number of aliphatic hydroxyl groups is 1. The van der Waals surface area contributed by atoms with Crippen molar-refractivity contribution >= 4 is 0 Å². The summed E-state index contributed by atoms with van der Waals surface area (Å²) in [6.07, 6.45) is 1.71. The van der Waals surface area contributed by atoms with Crippen molar-refractivity contribution < 1.29 is 9.84 Å². The predicted octanol–water partition coefficient (Wildman–Crippen LogP) is 0.708. The summed E-state index contributed by atoms with van der Waals surface area (Å²) in [5.74, 6) is 0.735. The minimum atomic E-state index is 0.114. The van der Waals surface area contributed by atoms with E-state index < -0.39 is 0 Å². The van der Waals surface area contributed by atoms with Crippen molar-refractivity contribution in [2.24, 2.45) is 0 Å². The van der Waals surface area contributed by atoms with Crippen molar-refractivity contribution in [2.75, 3.05) is 33.4 Å². The van der Waals surface area contributed by atoms with E-state index in [1.54, 1.807) is 18.1 Å². The van der Waals surface area contributed by atoms with Crippen molar-refractivity contribution in [1.29, 1.82) is 0 Å². The molecule has 2 aromatic rings. The maximum atomic E-state index is 9.07. The van der Waals surface area contributed by atoms with Crippen LogP contribution in [-0.2, 0) is 11.3 Å². The van der Waals surface area contributed by atoms with Gasteiger partial charge in [0.15, 0.2) is 5.82 Å². The Morgan fingerprint density at radius 3 is 2.75 bits per heavy atom. The molecular weight excluding hydrogens is 256 g/mol. The smallest absolute Gasteiger partial charge is 0.164 e. The van der Waals surface area contributed by atoms with Crippen LogP contribution in [0.5, 0.6) is 0 Å². The second kappa shape index (κ2) is 7.74. The average molecular weight is 276 g/mol. The van der Waals surface area contributed by atoms with Crippen molar-refractivity contribution in [3.8, 4) is 5.69 Å². The first-order valence-electron chi connectivity index (χ1n) is 6.61. The fourth-order valence-corrected chi connectivity index (χ4v) is 1.91. The van der Waals surface area contributed by atoms with Crippen LogP contribution < -0.4 is 0 Å². The third kappa shape index (κ3) is 4.12. The quantitative estimate of drug-likeness (QED) is 0.769. The Labute approximate surface area is 118 Å². The minimum absolute atomic E-state index is 0.114. The first-order valence-corrected chi connectivity index (χ1v) is 6.61. The van der Waals surface area contributed by atoms with Gasteiger partial charge in [0, 0.05) is 20.2 Å². The number of aromatic nitrogens is 3. The highest BCUT2D eigenvalue weighted by atomic mass is 16.5. The molecule has 0 fully saturated rings. The van der Waals surface area contributed by atoms with Gasteiger partial charge in [0.1, 0.15) is 6.33 Å². The van der Waals surface area contributed by atoms with E-state index in [1.165, 1.54) is 0 Å². The summed E-state index contributed by atoms with van der Waals surface area (Å²) in [5.41, 5.74) is 0.983. The van der Waals surface area contributed by atoms with Gasteiger partial charge in [0.2, 0.25) is 0 Å². The summed E-state index contributed by atoms with van der Waals surface area (Å²) in [6.45, 7) is 2.67. The molecule has 0 aliphatic rings. The van der Waals surface area contributed by atoms with Gasteiger partial charge in [-0.25, -0.2) is 9.67 Å². The third-order valence-electron chi connectivity index (χ3n) is 2.95.